The first-order chi connectivity index (χ1) is 9.72. The van der Waals surface area contributed by atoms with E-state index in [9.17, 15) is 0 Å². The topological polar surface area (TPSA) is 37.8 Å². The van der Waals surface area contributed by atoms with Crippen molar-refractivity contribution in [1.82, 2.24) is 15.5 Å². The molecule has 5 heteroatoms. The maximum Gasteiger partial charge on any atom is 0.0544 e. The van der Waals surface area contributed by atoms with Crippen molar-refractivity contribution >= 4 is 23.2 Å². The molecule has 3 nitrogen and oxygen atoms in total. The summed E-state index contributed by atoms with van der Waals surface area (Å²) in [5.41, 5.74) is 2.05. The molecule has 0 saturated heterocycles. The minimum atomic E-state index is 0.128. The second-order valence-electron chi connectivity index (χ2n) is 4.59. The summed E-state index contributed by atoms with van der Waals surface area (Å²) in [4.78, 5) is 0. The van der Waals surface area contributed by atoms with Gasteiger partial charge in [0.2, 0.25) is 0 Å². The van der Waals surface area contributed by atoms with Gasteiger partial charge in [-0.2, -0.15) is 10.2 Å². The molecule has 0 aliphatic heterocycles. The molecule has 0 aliphatic rings. The molecular weight excluding hydrogens is 293 g/mol. The molecule has 1 unspecified atom stereocenters. The summed E-state index contributed by atoms with van der Waals surface area (Å²) in [5.74, 6) is 0. The summed E-state index contributed by atoms with van der Waals surface area (Å²) >= 11 is 12.5. The van der Waals surface area contributed by atoms with E-state index in [1.165, 1.54) is 0 Å². The van der Waals surface area contributed by atoms with Crippen molar-refractivity contribution in [3.63, 3.8) is 0 Å². The predicted octanol–water partition coefficient (Wildman–Crippen LogP) is 4.07. The molecule has 0 radical (unpaired) electrons. The zero-order valence-corrected chi connectivity index (χ0v) is 12.8. The number of nitrogens with one attached hydrogen (secondary N) is 1. The fourth-order valence-electron chi connectivity index (χ4n) is 2.06. The largest absolute Gasteiger partial charge is 0.310 e. The minimum absolute atomic E-state index is 0.128. The van der Waals surface area contributed by atoms with Crippen molar-refractivity contribution in [1.29, 1.82) is 0 Å². The number of hydrogen-bond acceptors (Lipinski definition) is 3. The Labute approximate surface area is 129 Å². The molecule has 0 amide bonds. The van der Waals surface area contributed by atoms with E-state index >= 15 is 0 Å². The monoisotopic (exact) mass is 309 g/mol. The fraction of sp³-hybridized carbons (Fsp3) is 0.333. The Morgan fingerprint density at radius 3 is 2.50 bits per heavy atom. The number of aromatic nitrogens is 2. The van der Waals surface area contributed by atoms with Gasteiger partial charge in [-0.3, -0.25) is 0 Å². The van der Waals surface area contributed by atoms with E-state index in [0.717, 1.165) is 30.5 Å². The molecule has 0 aliphatic carbocycles. The van der Waals surface area contributed by atoms with E-state index in [0.29, 0.717) is 10.0 Å². The van der Waals surface area contributed by atoms with Gasteiger partial charge < -0.3 is 5.32 Å². The third kappa shape index (κ3) is 3.92. The summed E-state index contributed by atoms with van der Waals surface area (Å²) in [5, 5.41) is 12.7. The average molecular weight is 310 g/mol. The first-order valence-corrected chi connectivity index (χ1v) is 7.40. The summed E-state index contributed by atoms with van der Waals surface area (Å²) in [6.07, 6.45) is 5.26. The third-order valence-corrected chi connectivity index (χ3v) is 3.83. The molecule has 0 spiro atoms. The van der Waals surface area contributed by atoms with Crippen molar-refractivity contribution in [2.45, 2.75) is 25.8 Å². The molecule has 1 aromatic heterocycles. The second-order valence-corrected chi connectivity index (χ2v) is 5.40. The lowest BCUT2D eigenvalue weighted by Gasteiger charge is -2.20. The molecule has 0 fully saturated rings. The Morgan fingerprint density at radius 2 is 1.90 bits per heavy atom. The number of halogens is 2. The van der Waals surface area contributed by atoms with Crippen LogP contribution >= 0.6 is 23.2 Å². The van der Waals surface area contributed by atoms with Crippen LogP contribution < -0.4 is 5.32 Å². The number of rotatable bonds is 6. The van der Waals surface area contributed by atoms with Gasteiger partial charge in [0, 0.05) is 22.3 Å². The van der Waals surface area contributed by atoms with Crippen molar-refractivity contribution in [3.8, 4) is 0 Å². The first kappa shape index (κ1) is 15.2. The average Bonchev–Trinajstić information content (AvgIpc) is 2.47. The maximum absolute atomic E-state index is 6.25. The molecule has 1 heterocycles. The quantitative estimate of drug-likeness (QED) is 0.874. The van der Waals surface area contributed by atoms with Gasteiger partial charge in [0.15, 0.2) is 0 Å². The van der Waals surface area contributed by atoms with Gasteiger partial charge in [-0.1, -0.05) is 36.2 Å². The van der Waals surface area contributed by atoms with E-state index < -0.39 is 0 Å². The van der Waals surface area contributed by atoms with Crippen LogP contribution in [0.3, 0.4) is 0 Å². The molecule has 0 saturated carbocycles. The smallest absolute Gasteiger partial charge is 0.0544 e. The predicted molar refractivity (Wildman–Crippen MR) is 83.2 cm³/mol. The molecular formula is C15H17Cl2N3. The van der Waals surface area contributed by atoms with Gasteiger partial charge in [-0.15, -0.1) is 0 Å². The lowest BCUT2D eigenvalue weighted by molar-refractivity contribution is 0.527. The summed E-state index contributed by atoms with van der Waals surface area (Å²) in [6, 6.07) is 7.68. The highest BCUT2D eigenvalue weighted by molar-refractivity contribution is 6.36. The molecule has 1 aromatic carbocycles. The van der Waals surface area contributed by atoms with Crippen molar-refractivity contribution in [2.24, 2.45) is 0 Å². The van der Waals surface area contributed by atoms with E-state index in [1.807, 2.05) is 24.3 Å². The van der Waals surface area contributed by atoms with Crippen molar-refractivity contribution in [3.05, 3.63) is 57.8 Å². The highest BCUT2D eigenvalue weighted by atomic mass is 35.5. The van der Waals surface area contributed by atoms with E-state index in [-0.39, 0.29) is 6.04 Å². The maximum atomic E-state index is 6.25. The molecule has 2 aromatic rings. The van der Waals surface area contributed by atoms with E-state index in [2.05, 4.69) is 22.4 Å². The van der Waals surface area contributed by atoms with Gasteiger partial charge in [0.25, 0.3) is 0 Å². The normalized spacial score (nSPS) is 12.3. The Kier molecular flexibility index (Phi) is 5.77. The van der Waals surface area contributed by atoms with Gasteiger partial charge in [0.1, 0.15) is 0 Å². The van der Waals surface area contributed by atoms with Crippen LogP contribution in [-0.2, 0) is 6.42 Å². The SMILES string of the molecule is CCCNC(Cc1c(Cl)cccc1Cl)c1ccnnc1. The van der Waals surface area contributed by atoms with Crippen molar-refractivity contribution in [2.75, 3.05) is 6.54 Å². The van der Waals surface area contributed by atoms with Crippen LogP contribution in [0.5, 0.6) is 0 Å². The number of benzene rings is 1. The van der Waals surface area contributed by atoms with Crippen LogP contribution in [0.1, 0.15) is 30.5 Å². The first-order valence-electron chi connectivity index (χ1n) is 6.65. The number of nitrogens with zero attached hydrogens (tertiary/aromatic N) is 2. The van der Waals surface area contributed by atoms with Crippen LogP contribution in [0.15, 0.2) is 36.7 Å². The van der Waals surface area contributed by atoms with E-state index in [4.69, 9.17) is 23.2 Å². The van der Waals surface area contributed by atoms with Gasteiger partial charge in [0.05, 0.1) is 6.20 Å². The highest BCUT2D eigenvalue weighted by Crippen LogP contribution is 2.29. The minimum Gasteiger partial charge on any atom is -0.310 e. The standard InChI is InChI=1S/C15H17Cl2N3/c1-2-7-18-15(11-6-8-19-20-10-11)9-12-13(16)4-3-5-14(12)17/h3-6,8,10,15,18H,2,7,9H2,1H3. The van der Waals surface area contributed by atoms with Gasteiger partial charge >= 0.3 is 0 Å². The molecule has 106 valence electrons. The van der Waals surface area contributed by atoms with Crippen LogP contribution in [0, 0.1) is 0 Å². The second kappa shape index (κ2) is 7.58. The highest BCUT2D eigenvalue weighted by Gasteiger charge is 2.15. The Bertz CT molecular complexity index is 526. The summed E-state index contributed by atoms with van der Waals surface area (Å²) in [7, 11) is 0. The van der Waals surface area contributed by atoms with E-state index in [1.54, 1.807) is 12.4 Å². The zero-order valence-electron chi connectivity index (χ0n) is 11.3. The number of hydrogen-bond donors (Lipinski definition) is 1. The Morgan fingerprint density at radius 1 is 1.15 bits per heavy atom. The lowest BCUT2D eigenvalue weighted by Crippen LogP contribution is -2.24. The molecule has 1 atom stereocenters. The third-order valence-electron chi connectivity index (χ3n) is 3.12. The van der Waals surface area contributed by atoms with Crippen LogP contribution in [0.4, 0.5) is 0 Å². The van der Waals surface area contributed by atoms with Crippen LogP contribution in [0.2, 0.25) is 10.0 Å². The van der Waals surface area contributed by atoms with Crippen LogP contribution in [-0.4, -0.2) is 16.7 Å². The molecule has 20 heavy (non-hydrogen) atoms. The summed E-state index contributed by atoms with van der Waals surface area (Å²) in [6.45, 7) is 3.06. The van der Waals surface area contributed by atoms with Gasteiger partial charge in [-0.25, -0.2) is 0 Å². The van der Waals surface area contributed by atoms with Crippen molar-refractivity contribution < 1.29 is 0 Å². The Balaban J connectivity index is 2.24. The van der Waals surface area contributed by atoms with Gasteiger partial charge in [-0.05, 0) is 48.7 Å². The molecule has 2 rings (SSSR count). The summed E-state index contributed by atoms with van der Waals surface area (Å²) < 4.78 is 0. The van der Waals surface area contributed by atoms with Crippen LogP contribution in [0.25, 0.3) is 0 Å². The lowest BCUT2D eigenvalue weighted by atomic mass is 10.00. The molecule has 0 bridgehead atoms. The fourth-order valence-corrected chi connectivity index (χ4v) is 2.62. The molecule has 1 N–H and O–H groups in total. The zero-order chi connectivity index (χ0) is 14.4. The Hall–Kier alpha value is -1.16.